The van der Waals surface area contributed by atoms with Gasteiger partial charge in [0.1, 0.15) is 0 Å². The molecule has 2 atom stereocenters. The number of anilines is 1. The van der Waals surface area contributed by atoms with Gasteiger partial charge in [-0.3, -0.25) is 0 Å². The number of nitrogens with zero attached hydrogens (tertiary/aromatic N) is 2. The predicted octanol–water partition coefficient (Wildman–Crippen LogP) is 2.61. The fraction of sp³-hybridized carbons (Fsp3) is 0.571. The first-order valence-corrected chi connectivity index (χ1v) is 7.24. The van der Waals surface area contributed by atoms with Crippen molar-refractivity contribution < 1.29 is 0 Å². The highest BCUT2D eigenvalue weighted by atomic mass is 79.9. The lowest BCUT2D eigenvalue weighted by Gasteiger charge is -2.22. The molecule has 2 rings (SSSR count). The number of hydrogen-bond acceptors (Lipinski definition) is 3. The van der Waals surface area contributed by atoms with Gasteiger partial charge in [-0.2, -0.15) is 0 Å². The van der Waals surface area contributed by atoms with Crippen LogP contribution in [0.15, 0.2) is 22.7 Å². The molecule has 18 heavy (non-hydrogen) atoms. The zero-order valence-electron chi connectivity index (χ0n) is 11.4. The molecule has 1 fully saturated rings. The Morgan fingerprint density at radius 3 is 2.67 bits per heavy atom. The highest BCUT2D eigenvalue weighted by molar-refractivity contribution is 9.10. The van der Waals surface area contributed by atoms with Gasteiger partial charge in [0.25, 0.3) is 0 Å². The summed E-state index contributed by atoms with van der Waals surface area (Å²) < 4.78 is 1.11. The Labute approximate surface area is 118 Å². The topological polar surface area (TPSA) is 32.5 Å². The summed E-state index contributed by atoms with van der Waals surface area (Å²) in [6.45, 7) is 4.25. The van der Waals surface area contributed by atoms with Gasteiger partial charge in [0, 0.05) is 35.3 Å². The Kier molecular flexibility index (Phi) is 4.30. The number of hydrogen-bond donors (Lipinski definition) is 1. The first-order valence-electron chi connectivity index (χ1n) is 6.45. The number of likely N-dealkylation sites (N-methyl/N-ethyl adjacent to an activating group) is 1. The highest BCUT2D eigenvalue weighted by Crippen LogP contribution is 2.29. The third-order valence-electron chi connectivity index (χ3n) is 3.73. The zero-order valence-corrected chi connectivity index (χ0v) is 12.9. The summed E-state index contributed by atoms with van der Waals surface area (Å²) in [7, 11) is 4.31. The monoisotopic (exact) mass is 311 g/mol. The van der Waals surface area contributed by atoms with Crippen molar-refractivity contribution in [3.05, 3.63) is 28.2 Å². The van der Waals surface area contributed by atoms with E-state index in [1.165, 1.54) is 17.7 Å². The van der Waals surface area contributed by atoms with E-state index in [1.807, 2.05) is 6.92 Å². The number of rotatable bonds is 3. The molecule has 1 aromatic carbocycles. The van der Waals surface area contributed by atoms with Gasteiger partial charge in [-0.25, -0.2) is 0 Å². The smallest absolute Gasteiger partial charge is 0.0378 e. The quantitative estimate of drug-likeness (QED) is 0.931. The van der Waals surface area contributed by atoms with Crippen molar-refractivity contribution in [2.45, 2.75) is 25.4 Å². The van der Waals surface area contributed by atoms with Gasteiger partial charge < -0.3 is 15.5 Å². The first-order chi connectivity index (χ1) is 8.49. The zero-order chi connectivity index (χ0) is 13.3. The molecular weight excluding hydrogens is 290 g/mol. The highest BCUT2D eigenvalue weighted by Gasteiger charge is 2.24. The molecule has 0 amide bonds. The van der Waals surface area contributed by atoms with Crippen LogP contribution in [0.25, 0.3) is 0 Å². The normalized spacial score (nSPS) is 21.7. The molecule has 1 saturated heterocycles. The van der Waals surface area contributed by atoms with E-state index < -0.39 is 0 Å². The molecule has 1 unspecified atom stereocenters. The number of halogens is 1. The average molecular weight is 312 g/mol. The largest absolute Gasteiger partial charge is 0.370 e. The molecule has 0 spiro atoms. The summed E-state index contributed by atoms with van der Waals surface area (Å²) in [4.78, 5) is 4.76. The molecule has 0 aromatic heterocycles. The minimum Gasteiger partial charge on any atom is -0.370 e. The fourth-order valence-electron chi connectivity index (χ4n) is 2.48. The molecule has 1 aromatic rings. The van der Waals surface area contributed by atoms with Crippen LogP contribution in [0.1, 0.15) is 24.9 Å². The van der Waals surface area contributed by atoms with Crippen LogP contribution in [0.2, 0.25) is 0 Å². The summed E-state index contributed by atoms with van der Waals surface area (Å²) in [6, 6.07) is 7.24. The molecule has 1 aliphatic rings. The lowest BCUT2D eigenvalue weighted by Crippen LogP contribution is -2.31. The van der Waals surface area contributed by atoms with Crippen molar-refractivity contribution in [2.75, 3.05) is 32.1 Å². The number of nitrogens with two attached hydrogens (primary N) is 1. The summed E-state index contributed by atoms with van der Waals surface area (Å²) >= 11 is 3.62. The molecule has 1 aliphatic heterocycles. The Bertz CT molecular complexity index is 418. The van der Waals surface area contributed by atoms with E-state index in [2.05, 4.69) is 58.0 Å². The van der Waals surface area contributed by atoms with Gasteiger partial charge in [-0.05, 0) is 45.1 Å². The summed E-state index contributed by atoms with van der Waals surface area (Å²) in [5.74, 6) is 0. The van der Waals surface area contributed by atoms with Gasteiger partial charge in [-0.1, -0.05) is 22.0 Å². The molecule has 2 N–H and O–H groups in total. The SMILES string of the molecule is C[C@H](N)c1ccc(N2CCC(N(C)C)C2)cc1Br. The molecule has 0 saturated carbocycles. The molecular formula is C14H22BrN3. The van der Waals surface area contributed by atoms with E-state index in [9.17, 15) is 0 Å². The lowest BCUT2D eigenvalue weighted by molar-refractivity contribution is 0.315. The lowest BCUT2D eigenvalue weighted by atomic mass is 10.1. The van der Waals surface area contributed by atoms with Crippen LogP contribution >= 0.6 is 15.9 Å². The standard InChI is InChI=1S/C14H22BrN3/c1-10(16)13-5-4-11(8-14(13)15)18-7-6-12(9-18)17(2)3/h4-5,8,10,12H,6-7,9,16H2,1-3H3/t10-,12?/m0/s1. The van der Waals surface area contributed by atoms with E-state index >= 15 is 0 Å². The molecule has 4 heteroatoms. The summed E-state index contributed by atoms with van der Waals surface area (Å²) in [5.41, 5.74) is 8.39. The van der Waals surface area contributed by atoms with Gasteiger partial charge in [0.15, 0.2) is 0 Å². The van der Waals surface area contributed by atoms with Crippen LogP contribution in [0, 0.1) is 0 Å². The Morgan fingerprint density at radius 2 is 2.17 bits per heavy atom. The van der Waals surface area contributed by atoms with Crippen LogP contribution in [0.3, 0.4) is 0 Å². The first kappa shape index (κ1) is 13.8. The van der Waals surface area contributed by atoms with Crippen LogP contribution in [0.4, 0.5) is 5.69 Å². The summed E-state index contributed by atoms with van der Waals surface area (Å²) in [6.07, 6.45) is 1.24. The van der Waals surface area contributed by atoms with Gasteiger partial charge in [0.05, 0.1) is 0 Å². The van der Waals surface area contributed by atoms with Crippen molar-refractivity contribution in [1.82, 2.24) is 4.90 Å². The van der Waals surface area contributed by atoms with Gasteiger partial charge in [-0.15, -0.1) is 0 Å². The van der Waals surface area contributed by atoms with E-state index in [-0.39, 0.29) is 6.04 Å². The van der Waals surface area contributed by atoms with Crippen molar-refractivity contribution in [1.29, 1.82) is 0 Å². The minimum atomic E-state index is 0.0709. The molecule has 0 bridgehead atoms. The average Bonchev–Trinajstić information content (AvgIpc) is 2.77. The second-order valence-electron chi connectivity index (χ2n) is 5.35. The second kappa shape index (κ2) is 5.59. The Balaban J connectivity index is 2.13. The maximum Gasteiger partial charge on any atom is 0.0378 e. The van der Waals surface area contributed by atoms with Crippen LogP contribution < -0.4 is 10.6 Å². The fourth-order valence-corrected chi connectivity index (χ4v) is 3.21. The molecule has 1 heterocycles. The van der Waals surface area contributed by atoms with Crippen LogP contribution in [-0.4, -0.2) is 38.1 Å². The van der Waals surface area contributed by atoms with Crippen LogP contribution in [0.5, 0.6) is 0 Å². The predicted molar refractivity (Wildman–Crippen MR) is 81.0 cm³/mol. The molecule has 3 nitrogen and oxygen atoms in total. The van der Waals surface area contributed by atoms with Crippen molar-refractivity contribution >= 4 is 21.6 Å². The minimum absolute atomic E-state index is 0.0709. The van der Waals surface area contributed by atoms with E-state index in [1.54, 1.807) is 0 Å². The van der Waals surface area contributed by atoms with Gasteiger partial charge >= 0.3 is 0 Å². The van der Waals surface area contributed by atoms with Gasteiger partial charge in [0.2, 0.25) is 0 Å². The maximum atomic E-state index is 5.93. The molecule has 100 valence electrons. The molecule has 0 radical (unpaired) electrons. The van der Waals surface area contributed by atoms with Crippen molar-refractivity contribution in [3.63, 3.8) is 0 Å². The molecule has 0 aliphatic carbocycles. The Morgan fingerprint density at radius 1 is 1.44 bits per heavy atom. The maximum absolute atomic E-state index is 5.93. The van der Waals surface area contributed by atoms with Crippen molar-refractivity contribution in [3.8, 4) is 0 Å². The van der Waals surface area contributed by atoms with E-state index in [0.29, 0.717) is 6.04 Å². The Hall–Kier alpha value is -0.580. The third kappa shape index (κ3) is 2.87. The van der Waals surface area contributed by atoms with E-state index in [0.717, 1.165) is 17.6 Å². The second-order valence-corrected chi connectivity index (χ2v) is 6.20. The summed E-state index contributed by atoms with van der Waals surface area (Å²) in [5, 5.41) is 0. The van der Waals surface area contributed by atoms with Crippen LogP contribution in [-0.2, 0) is 0 Å². The van der Waals surface area contributed by atoms with E-state index in [4.69, 9.17) is 5.73 Å². The third-order valence-corrected chi connectivity index (χ3v) is 4.42. The number of benzene rings is 1. The van der Waals surface area contributed by atoms with Crippen molar-refractivity contribution in [2.24, 2.45) is 5.73 Å².